The number of anilines is 1. The van der Waals surface area contributed by atoms with Crippen LogP contribution in [-0.2, 0) is 10.3 Å². The van der Waals surface area contributed by atoms with E-state index in [0.717, 1.165) is 40.6 Å². The Bertz CT molecular complexity index is 1190. The molecule has 0 N–H and O–H groups in total. The summed E-state index contributed by atoms with van der Waals surface area (Å²) in [5, 5.41) is 11.8. The Labute approximate surface area is 182 Å². The summed E-state index contributed by atoms with van der Waals surface area (Å²) in [6.07, 6.45) is 0.532. The standard InChI is InChI=1S/C25H26N4O2/c1-16-20-22(28(26-16)18-11-7-5-8-12-18)30-25(4)15-24(20,3)31-23-21(25)17(2)27-29(23)19-13-9-6-10-14-19/h5-14,20,22H,15H2,1-4H3/t20-,22+,24+,25-/m0/s1. The van der Waals surface area contributed by atoms with Gasteiger partial charge in [-0.2, -0.15) is 10.2 Å². The maximum atomic E-state index is 6.91. The van der Waals surface area contributed by atoms with Gasteiger partial charge in [-0.05, 0) is 52.0 Å². The van der Waals surface area contributed by atoms with E-state index in [1.165, 1.54) is 0 Å². The van der Waals surface area contributed by atoms with Gasteiger partial charge in [0.1, 0.15) is 11.2 Å². The van der Waals surface area contributed by atoms with Crippen LogP contribution in [0.1, 0.15) is 38.4 Å². The van der Waals surface area contributed by atoms with Crippen LogP contribution < -0.4 is 9.75 Å². The molecule has 6 rings (SSSR count). The number of rotatable bonds is 2. The average molecular weight is 415 g/mol. The molecule has 4 heterocycles. The van der Waals surface area contributed by atoms with Crippen molar-refractivity contribution in [1.82, 2.24) is 9.78 Å². The summed E-state index contributed by atoms with van der Waals surface area (Å²) in [5.74, 6) is 0.803. The van der Waals surface area contributed by atoms with Crippen molar-refractivity contribution in [2.45, 2.75) is 51.5 Å². The summed E-state index contributed by atoms with van der Waals surface area (Å²) in [7, 11) is 0. The number of aryl methyl sites for hydroxylation is 1. The first-order valence-corrected chi connectivity index (χ1v) is 10.8. The summed E-state index contributed by atoms with van der Waals surface area (Å²) in [6, 6.07) is 20.4. The summed E-state index contributed by atoms with van der Waals surface area (Å²) in [6.45, 7) is 8.48. The topological polar surface area (TPSA) is 51.9 Å². The number of hydrogen-bond acceptors (Lipinski definition) is 5. The molecule has 0 aliphatic carbocycles. The Morgan fingerprint density at radius 3 is 2.26 bits per heavy atom. The second kappa shape index (κ2) is 6.20. The Kier molecular flexibility index (Phi) is 3.73. The van der Waals surface area contributed by atoms with E-state index in [0.29, 0.717) is 0 Å². The van der Waals surface area contributed by atoms with Crippen LogP contribution in [0.5, 0.6) is 5.88 Å². The number of fused-ring (bicyclic) bond motifs is 6. The van der Waals surface area contributed by atoms with Gasteiger partial charge in [0.2, 0.25) is 5.88 Å². The molecule has 6 heteroatoms. The van der Waals surface area contributed by atoms with Crippen molar-refractivity contribution >= 4 is 11.4 Å². The van der Waals surface area contributed by atoms with Crippen molar-refractivity contribution in [2.24, 2.45) is 11.0 Å². The van der Waals surface area contributed by atoms with Gasteiger partial charge >= 0.3 is 0 Å². The fourth-order valence-electron chi connectivity index (χ4n) is 5.79. The lowest BCUT2D eigenvalue weighted by Crippen LogP contribution is -2.63. The lowest BCUT2D eigenvalue weighted by molar-refractivity contribution is -0.212. The first-order valence-electron chi connectivity index (χ1n) is 10.8. The molecule has 0 unspecified atom stereocenters. The summed E-state index contributed by atoms with van der Waals surface area (Å²) >= 11 is 0. The monoisotopic (exact) mass is 414 g/mol. The summed E-state index contributed by atoms with van der Waals surface area (Å²) in [4.78, 5) is 0. The van der Waals surface area contributed by atoms with E-state index in [2.05, 4.69) is 32.9 Å². The van der Waals surface area contributed by atoms with Crippen molar-refractivity contribution in [3.8, 4) is 11.6 Å². The minimum Gasteiger partial charge on any atom is -0.470 e. The predicted molar refractivity (Wildman–Crippen MR) is 120 cm³/mol. The van der Waals surface area contributed by atoms with Crippen LogP contribution in [0.15, 0.2) is 65.8 Å². The second-order valence-electron chi connectivity index (χ2n) is 9.24. The molecule has 4 atom stereocenters. The third-order valence-electron chi connectivity index (χ3n) is 6.87. The normalized spacial score (nSPS) is 31.0. The quantitative estimate of drug-likeness (QED) is 0.604. The Morgan fingerprint density at radius 1 is 0.935 bits per heavy atom. The molecule has 3 aromatic rings. The van der Waals surface area contributed by atoms with E-state index < -0.39 is 11.2 Å². The molecule has 158 valence electrons. The van der Waals surface area contributed by atoms with Crippen LogP contribution >= 0.6 is 0 Å². The van der Waals surface area contributed by atoms with Crippen LogP contribution in [-0.4, -0.2) is 27.3 Å². The fourth-order valence-corrected chi connectivity index (χ4v) is 5.79. The second-order valence-corrected chi connectivity index (χ2v) is 9.24. The highest BCUT2D eigenvalue weighted by molar-refractivity contribution is 5.90. The predicted octanol–water partition coefficient (Wildman–Crippen LogP) is 4.81. The average Bonchev–Trinajstić information content (AvgIpc) is 3.26. The zero-order chi connectivity index (χ0) is 21.4. The lowest BCUT2D eigenvalue weighted by atomic mass is 9.70. The molecule has 3 aliphatic rings. The molecule has 2 bridgehead atoms. The molecule has 0 radical (unpaired) electrons. The largest absolute Gasteiger partial charge is 0.470 e. The van der Waals surface area contributed by atoms with E-state index in [9.17, 15) is 0 Å². The summed E-state index contributed by atoms with van der Waals surface area (Å²) in [5.41, 5.74) is 4.03. The van der Waals surface area contributed by atoms with E-state index in [1.807, 2.05) is 65.1 Å². The van der Waals surface area contributed by atoms with Crippen LogP contribution in [0.2, 0.25) is 0 Å². The third kappa shape index (κ3) is 2.54. The molecule has 1 fully saturated rings. The van der Waals surface area contributed by atoms with Crippen LogP contribution in [0.25, 0.3) is 5.69 Å². The Morgan fingerprint density at radius 2 is 1.58 bits per heavy atom. The van der Waals surface area contributed by atoms with Crippen molar-refractivity contribution in [3.63, 3.8) is 0 Å². The molecule has 1 aromatic heterocycles. The molecular formula is C25H26N4O2. The number of nitrogens with zero attached hydrogens (tertiary/aromatic N) is 4. The van der Waals surface area contributed by atoms with Crippen LogP contribution in [0.3, 0.4) is 0 Å². The number of ether oxygens (including phenoxy) is 2. The molecule has 2 aromatic carbocycles. The zero-order valence-electron chi connectivity index (χ0n) is 18.2. The fraction of sp³-hybridized carbons (Fsp3) is 0.360. The molecule has 6 nitrogen and oxygen atoms in total. The van der Waals surface area contributed by atoms with Crippen LogP contribution in [0.4, 0.5) is 5.69 Å². The highest BCUT2D eigenvalue weighted by atomic mass is 16.6. The molecule has 31 heavy (non-hydrogen) atoms. The van der Waals surface area contributed by atoms with Gasteiger partial charge in [0.05, 0.1) is 28.6 Å². The van der Waals surface area contributed by atoms with Gasteiger partial charge in [-0.25, -0.2) is 9.69 Å². The van der Waals surface area contributed by atoms with Gasteiger partial charge in [0.15, 0.2) is 6.23 Å². The highest BCUT2D eigenvalue weighted by Gasteiger charge is 2.63. The third-order valence-corrected chi connectivity index (χ3v) is 6.87. The number of hydrazone groups is 1. The number of aromatic nitrogens is 2. The van der Waals surface area contributed by atoms with Gasteiger partial charge in [0.25, 0.3) is 0 Å². The molecule has 1 saturated heterocycles. The van der Waals surface area contributed by atoms with Gasteiger partial charge in [-0.1, -0.05) is 36.4 Å². The van der Waals surface area contributed by atoms with Crippen molar-refractivity contribution in [3.05, 3.63) is 71.9 Å². The van der Waals surface area contributed by atoms with E-state index in [4.69, 9.17) is 19.7 Å². The molecule has 3 aliphatic heterocycles. The van der Waals surface area contributed by atoms with Gasteiger partial charge in [-0.15, -0.1) is 0 Å². The number of benzene rings is 2. The van der Waals surface area contributed by atoms with Gasteiger partial charge in [-0.3, -0.25) is 0 Å². The first-order chi connectivity index (χ1) is 14.9. The number of para-hydroxylation sites is 2. The molecule has 0 spiro atoms. The van der Waals surface area contributed by atoms with Gasteiger partial charge < -0.3 is 9.47 Å². The van der Waals surface area contributed by atoms with Crippen LogP contribution in [0, 0.1) is 12.8 Å². The zero-order valence-corrected chi connectivity index (χ0v) is 18.2. The molecule has 0 amide bonds. The van der Waals surface area contributed by atoms with Crippen molar-refractivity contribution in [1.29, 1.82) is 0 Å². The minimum absolute atomic E-state index is 0.0216. The maximum Gasteiger partial charge on any atom is 0.223 e. The Balaban J connectivity index is 1.50. The highest BCUT2D eigenvalue weighted by Crippen LogP contribution is 2.57. The number of hydrogen-bond donors (Lipinski definition) is 0. The first kappa shape index (κ1) is 18.6. The van der Waals surface area contributed by atoms with Crippen molar-refractivity contribution in [2.75, 3.05) is 5.01 Å². The lowest BCUT2D eigenvalue weighted by Gasteiger charge is -2.54. The molecule has 0 saturated carbocycles. The SMILES string of the molecule is CC1=NN(c2ccccc2)[C@@H]2O[C@@]3(C)C[C@@](C)(Oc4c3c(C)nn4-c3ccccc3)[C@@H]12. The van der Waals surface area contributed by atoms with E-state index >= 15 is 0 Å². The Hall–Kier alpha value is -3.12. The van der Waals surface area contributed by atoms with E-state index in [-0.39, 0.29) is 12.1 Å². The van der Waals surface area contributed by atoms with Gasteiger partial charge in [0, 0.05) is 12.1 Å². The molecular weight excluding hydrogens is 388 g/mol. The smallest absolute Gasteiger partial charge is 0.223 e. The maximum absolute atomic E-state index is 6.91. The minimum atomic E-state index is -0.520. The van der Waals surface area contributed by atoms with E-state index in [1.54, 1.807) is 0 Å². The summed E-state index contributed by atoms with van der Waals surface area (Å²) < 4.78 is 15.7. The van der Waals surface area contributed by atoms with Crippen molar-refractivity contribution < 1.29 is 9.47 Å².